The molecule has 7 heteroatoms. The van der Waals surface area contributed by atoms with Gasteiger partial charge in [0.1, 0.15) is 18.3 Å². The quantitative estimate of drug-likeness (QED) is 0.507. The van der Waals surface area contributed by atoms with E-state index in [9.17, 15) is 15.0 Å². The van der Waals surface area contributed by atoms with Gasteiger partial charge in [-0.15, -0.1) is 0 Å². The Morgan fingerprint density at radius 3 is 2.27 bits per heavy atom. The van der Waals surface area contributed by atoms with Crippen molar-refractivity contribution in [3.05, 3.63) is 71.8 Å². The first-order chi connectivity index (χ1) is 15.9. The van der Waals surface area contributed by atoms with E-state index in [0.29, 0.717) is 13.0 Å². The number of hydrogen-bond donors (Lipinski definition) is 3. The Hall–Kier alpha value is -2.29. The van der Waals surface area contributed by atoms with Gasteiger partial charge in [0.05, 0.1) is 19.3 Å². The van der Waals surface area contributed by atoms with Gasteiger partial charge in [-0.1, -0.05) is 67.6 Å². The van der Waals surface area contributed by atoms with Gasteiger partial charge in [-0.2, -0.15) is 0 Å². The SMILES string of the molecule is C[C@H](OC1[C@H](O)C(CO)O[C@H](OCc2ccccc2)[C@H]1C)C(=O)N[C@@H](C)Cc1ccccc1. The molecule has 33 heavy (non-hydrogen) atoms. The fourth-order valence-corrected chi connectivity index (χ4v) is 4.03. The number of aliphatic hydroxyl groups is 2. The molecule has 2 aromatic rings. The van der Waals surface area contributed by atoms with Crippen LogP contribution in [-0.4, -0.2) is 59.5 Å². The Labute approximate surface area is 195 Å². The predicted molar refractivity (Wildman–Crippen MR) is 124 cm³/mol. The van der Waals surface area contributed by atoms with Gasteiger partial charge in [0.15, 0.2) is 6.29 Å². The molecule has 1 heterocycles. The van der Waals surface area contributed by atoms with Crippen LogP contribution in [0.4, 0.5) is 0 Å². The molecular weight excluding hydrogens is 422 g/mol. The first-order valence-corrected chi connectivity index (χ1v) is 11.5. The van der Waals surface area contributed by atoms with Crippen LogP contribution >= 0.6 is 0 Å². The zero-order valence-corrected chi connectivity index (χ0v) is 19.5. The number of hydrogen-bond acceptors (Lipinski definition) is 6. The van der Waals surface area contributed by atoms with Gasteiger partial charge < -0.3 is 29.7 Å². The highest BCUT2D eigenvalue weighted by Crippen LogP contribution is 2.30. The minimum absolute atomic E-state index is 0.0740. The van der Waals surface area contributed by atoms with Crippen molar-refractivity contribution < 1.29 is 29.2 Å². The third-order valence-electron chi connectivity index (χ3n) is 5.91. The van der Waals surface area contributed by atoms with Gasteiger partial charge in [-0.25, -0.2) is 0 Å². The van der Waals surface area contributed by atoms with Crippen LogP contribution in [0.2, 0.25) is 0 Å². The van der Waals surface area contributed by atoms with Crippen LogP contribution < -0.4 is 5.32 Å². The first kappa shape index (κ1) is 25.3. The van der Waals surface area contributed by atoms with Gasteiger partial charge in [0, 0.05) is 12.0 Å². The van der Waals surface area contributed by atoms with Crippen LogP contribution in [0.3, 0.4) is 0 Å². The number of rotatable bonds is 10. The lowest BCUT2D eigenvalue weighted by Crippen LogP contribution is -2.58. The summed E-state index contributed by atoms with van der Waals surface area (Å²) in [7, 11) is 0. The molecule has 180 valence electrons. The highest BCUT2D eigenvalue weighted by atomic mass is 16.7. The van der Waals surface area contributed by atoms with Crippen LogP contribution in [0.25, 0.3) is 0 Å². The van der Waals surface area contributed by atoms with Crippen molar-refractivity contribution in [1.29, 1.82) is 0 Å². The summed E-state index contributed by atoms with van der Waals surface area (Å²) < 4.78 is 17.7. The maximum atomic E-state index is 12.7. The molecule has 0 aliphatic carbocycles. The number of aliphatic hydroxyl groups excluding tert-OH is 2. The average Bonchev–Trinajstić information content (AvgIpc) is 2.82. The molecule has 0 radical (unpaired) electrons. The zero-order valence-electron chi connectivity index (χ0n) is 19.5. The van der Waals surface area contributed by atoms with E-state index in [1.54, 1.807) is 6.92 Å². The molecule has 7 nitrogen and oxygen atoms in total. The Balaban J connectivity index is 1.58. The van der Waals surface area contributed by atoms with Gasteiger partial charge in [-0.3, -0.25) is 4.79 Å². The largest absolute Gasteiger partial charge is 0.394 e. The molecule has 3 N–H and O–H groups in total. The fraction of sp³-hybridized carbons (Fsp3) is 0.500. The molecule has 2 unspecified atom stereocenters. The van der Waals surface area contributed by atoms with Crippen LogP contribution in [-0.2, 0) is 32.0 Å². The highest BCUT2D eigenvalue weighted by molar-refractivity contribution is 5.80. The molecule has 1 saturated heterocycles. The molecule has 2 aromatic carbocycles. The zero-order chi connectivity index (χ0) is 23.8. The molecule has 7 atom stereocenters. The second kappa shape index (κ2) is 12.3. The molecular formula is C26H35NO6. The van der Waals surface area contributed by atoms with Crippen LogP contribution in [0.15, 0.2) is 60.7 Å². The number of amides is 1. The number of nitrogens with one attached hydrogen (secondary N) is 1. The minimum Gasteiger partial charge on any atom is -0.394 e. The molecule has 1 aliphatic rings. The van der Waals surface area contributed by atoms with Crippen molar-refractivity contribution in [3.8, 4) is 0 Å². The van der Waals surface area contributed by atoms with E-state index in [1.807, 2.05) is 74.5 Å². The van der Waals surface area contributed by atoms with Crippen LogP contribution in [0.1, 0.15) is 31.9 Å². The molecule has 3 rings (SSSR count). The lowest BCUT2D eigenvalue weighted by Gasteiger charge is -2.43. The molecule has 1 amide bonds. The van der Waals surface area contributed by atoms with Crippen LogP contribution in [0, 0.1) is 5.92 Å². The van der Waals surface area contributed by atoms with Crippen molar-refractivity contribution in [2.75, 3.05) is 6.61 Å². The Morgan fingerprint density at radius 2 is 1.67 bits per heavy atom. The van der Waals surface area contributed by atoms with E-state index >= 15 is 0 Å². The maximum Gasteiger partial charge on any atom is 0.249 e. The van der Waals surface area contributed by atoms with Crippen LogP contribution in [0.5, 0.6) is 0 Å². The second-order valence-corrected chi connectivity index (χ2v) is 8.71. The van der Waals surface area contributed by atoms with Crippen molar-refractivity contribution in [1.82, 2.24) is 5.32 Å². The summed E-state index contributed by atoms with van der Waals surface area (Å²) in [5.41, 5.74) is 2.12. The summed E-state index contributed by atoms with van der Waals surface area (Å²) in [4.78, 5) is 12.7. The third kappa shape index (κ3) is 7.09. The smallest absolute Gasteiger partial charge is 0.249 e. The Morgan fingerprint density at radius 1 is 1.06 bits per heavy atom. The predicted octanol–water partition coefficient (Wildman–Crippen LogP) is 2.44. The van der Waals surface area contributed by atoms with Crippen molar-refractivity contribution in [2.45, 2.75) is 70.5 Å². The average molecular weight is 458 g/mol. The van der Waals surface area contributed by atoms with Gasteiger partial charge in [-0.05, 0) is 31.4 Å². The summed E-state index contributed by atoms with van der Waals surface area (Å²) in [5.74, 6) is -0.616. The van der Waals surface area contributed by atoms with Crippen molar-refractivity contribution >= 4 is 5.91 Å². The van der Waals surface area contributed by atoms with E-state index in [-0.39, 0.29) is 24.5 Å². The van der Waals surface area contributed by atoms with Gasteiger partial charge in [0.25, 0.3) is 0 Å². The topological polar surface area (TPSA) is 97.2 Å². The number of benzene rings is 2. The number of carbonyl (C=O) groups is 1. The summed E-state index contributed by atoms with van der Waals surface area (Å²) in [5, 5.41) is 23.4. The van der Waals surface area contributed by atoms with Gasteiger partial charge in [0.2, 0.25) is 5.91 Å². The van der Waals surface area contributed by atoms with E-state index < -0.39 is 30.7 Å². The molecule has 0 bridgehead atoms. The van der Waals surface area contributed by atoms with E-state index in [1.165, 1.54) is 0 Å². The molecule has 0 saturated carbocycles. The highest BCUT2D eigenvalue weighted by Gasteiger charge is 2.45. The van der Waals surface area contributed by atoms with Crippen molar-refractivity contribution in [3.63, 3.8) is 0 Å². The Bertz CT molecular complexity index is 848. The summed E-state index contributed by atoms with van der Waals surface area (Å²) in [6.45, 7) is 5.39. The lowest BCUT2D eigenvalue weighted by atomic mass is 9.92. The minimum atomic E-state index is -1.08. The first-order valence-electron chi connectivity index (χ1n) is 11.5. The molecule has 0 aromatic heterocycles. The monoisotopic (exact) mass is 457 g/mol. The fourth-order valence-electron chi connectivity index (χ4n) is 4.03. The summed E-state index contributed by atoms with van der Waals surface area (Å²) in [6.07, 6.45) is -3.46. The van der Waals surface area contributed by atoms with Crippen molar-refractivity contribution in [2.24, 2.45) is 5.92 Å². The lowest BCUT2D eigenvalue weighted by molar-refractivity contribution is -0.295. The van der Waals surface area contributed by atoms with Gasteiger partial charge >= 0.3 is 0 Å². The van der Waals surface area contributed by atoms with E-state index in [4.69, 9.17) is 14.2 Å². The molecule has 1 fully saturated rings. The second-order valence-electron chi connectivity index (χ2n) is 8.71. The molecule has 0 spiro atoms. The summed E-state index contributed by atoms with van der Waals surface area (Å²) >= 11 is 0. The van der Waals surface area contributed by atoms with E-state index in [0.717, 1.165) is 11.1 Å². The molecule has 1 aliphatic heterocycles. The maximum absolute atomic E-state index is 12.7. The normalized spacial score (nSPS) is 27.0. The summed E-state index contributed by atoms with van der Waals surface area (Å²) in [6, 6.07) is 19.5. The number of ether oxygens (including phenoxy) is 3. The van der Waals surface area contributed by atoms with E-state index in [2.05, 4.69) is 5.32 Å². The number of carbonyl (C=O) groups excluding carboxylic acids is 1. The Kier molecular flexibility index (Phi) is 9.41. The third-order valence-corrected chi connectivity index (χ3v) is 5.91. The standard InChI is InChI=1S/C26H35NO6/c1-17(14-20-10-6-4-7-11-20)27-25(30)19(3)32-24-18(2)26(33-22(15-28)23(24)29)31-16-21-12-8-5-9-13-21/h4-13,17-19,22-24,26,28-29H,14-16H2,1-3H3,(H,27,30)/t17-,18-,19-,22?,23+,24?,26-/m0/s1.